The van der Waals surface area contributed by atoms with E-state index in [0.29, 0.717) is 6.04 Å². The Hall–Kier alpha value is -1.42. The maximum Gasteiger partial charge on any atom is 0.125 e. The van der Waals surface area contributed by atoms with Crippen LogP contribution in [0.25, 0.3) is 11.0 Å². The lowest BCUT2D eigenvalue weighted by atomic mass is 10.1. The largest absolute Gasteiger partial charge is 0.328 e. The lowest BCUT2D eigenvalue weighted by Gasteiger charge is -2.11. The van der Waals surface area contributed by atoms with E-state index in [2.05, 4.69) is 21.8 Å². The van der Waals surface area contributed by atoms with E-state index in [0.717, 1.165) is 36.4 Å². The average molecular weight is 247 g/mol. The summed E-state index contributed by atoms with van der Waals surface area (Å²) in [6.45, 7) is 4.09. The maximum absolute atomic E-state index is 13.2. The molecule has 3 rings (SSSR count). The number of aromatic nitrogens is 2. The van der Waals surface area contributed by atoms with Gasteiger partial charge in [-0.1, -0.05) is 0 Å². The van der Waals surface area contributed by atoms with Gasteiger partial charge in [-0.15, -0.1) is 0 Å². The minimum atomic E-state index is -0.214. The van der Waals surface area contributed by atoms with Gasteiger partial charge in [0.25, 0.3) is 0 Å². The molecule has 1 aromatic carbocycles. The standard InChI is InChI=1S/C14H18FN3/c1-2-18-13-6-5-10(15)8-12(13)17-14(18)9-11-4-3-7-16-11/h5-6,8,11,16H,2-4,7,9H2,1H3. The van der Waals surface area contributed by atoms with Crippen LogP contribution < -0.4 is 5.32 Å². The summed E-state index contributed by atoms with van der Waals surface area (Å²) in [6.07, 6.45) is 3.39. The van der Waals surface area contributed by atoms with Crippen molar-refractivity contribution in [1.82, 2.24) is 14.9 Å². The maximum atomic E-state index is 13.2. The second-order valence-electron chi connectivity index (χ2n) is 4.90. The first-order chi connectivity index (χ1) is 8.78. The lowest BCUT2D eigenvalue weighted by Crippen LogP contribution is -2.25. The second-order valence-corrected chi connectivity index (χ2v) is 4.90. The molecule has 1 atom stereocenters. The fourth-order valence-corrected chi connectivity index (χ4v) is 2.81. The quantitative estimate of drug-likeness (QED) is 0.903. The Balaban J connectivity index is 1.99. The molecule has 0 aliphatic carbocycles. The zero-order valence-electron chi connectivity index (χ0n) is 10.6. The number of halogens is 1. The molecule has 0 radical (unpaired) electrons. The molecule has 1 unspecified atom stereocenters. The number of hydrogen-bond acceptors (Lipinski definition) is 2. The fourth-order valence-electron chi connectivity index (χ4n) is 2.81. The van der Waals surface area contributed by atoms with Gasteiger partial charge in [-0.2, -0.15) is 0 Å². The van der Waals surface area contributed by atoms with E-state index in [1.807, 2.05) is 6.07 Å². The summed E-state index contributed by atoms with van der Waals surface area (Å²) in [4.78, 5) is 4.59. The highest BCUT2D eigenvalue weighted by molar-refractivity contribution is 5.76. The first-order valence-electron chi connectivity index (χ1n) is 6.66. The van der Waals surface area contributed by atoms with Crippen LogP contribution in [-0.2, 0) is 13.0 Å². The van der Waals surface area contributed by atoms with Crippen LogP contribution in [0, 0.1) is 5.82 Å². The molecule has 1 aliphatic rings. The molecular formula is C14H18FN3. The minimum absolute atomic E-state index is 0.214. The molecule has 96 valence electrons. The summed E-state index contributed by atoms with van der Waals surface area (Å²) in [6, 6.07) is 5.38. The van der Waals surface area contributed by atoms with Crippen molar-refractivity contribution in [1.29, 1.82) is 0 Å². The molecule has 0 bridgehead atoms. The average Bonchev–Trinajstić information content (AvgIpc) is 2.96. The van der Waals surface area contributed by atoms with Crippen molar-refractivity contribution in [3.8, 4) is 0 Å². The summed E-state index contributed by atoms with van der Waals surface area (Å²) >= 11 is 0. The highest BCUT2D eigenvalue weighted by Crippen LogP contribution is 2.20. The number of nitrogens with one attached hydrogen (secondary N) is 1. The zero-order chi connectivity index (χ0) is 12.5. The van der Waals surface area contributed by atoms with Gasteiger partial charge < -0.3 is 9.88 Å². The summed E-state index contributed by atoms with van der Waals surface area (Å²) in [5, 5.41) is 3.48. The van der Waals surface area contributed by atoms with Crippen LogP contribution >= 0.6 is 0 Å². The minimum Gasteiger partial charge on any atom is -0.328 e. The van der Waals surface area contributed by atoms with Crippen molar-refractivity contribution in [2.75, 3.05) is 6.54 Å². The van der Waals surface area contributed by atoms with Crippen LogP contribution in [0.3, 0.4) is 0 Å². The Labute approximate surface area is 106 Å². The van der Waals surface area contributed by atoms with Crippen molar-refractivity contribution in [2.24, 2.45) is 0 Å². The van der Waals surface area contributed by atoms with E-state index >= 15 is 0 Å². The van der Waals surface area contributed by atoms with Crippen LogP contribution in [-0.4, -0.2) is 22.1 Å². The van der Waals surface area contributed by atoms with Gasteiger partial charge in [-0.3, -0.25) is 0 Å². The normalized spacial score (nSPS) is 19.8. The van der Waals surface area contributed by atoms with Gasteiger partial charge in [-0.05, 0) is 38.4 Å². The first-order valence-corrected chi connectivity index (χ1v) is 6.66. The predicted octanol–water partition coefficient (Wildman–Crippen LogP) is 2.49. The molecule has 1 saturated heterocycles. The van der Waals surface area contributed by atoms with Crippen LogP contribution in [0.15, 0.2) is 18.2 Å². The van der Waals surface area contributed by atoms with E-state index in [9.17, 15) is 4.39 Å². The second kappa shape index (κ2) is 4.69. The van der Waals surface area contributed by atoms with Gasteiger partial charge in [-0.25, -0.2) is 9.37 Å². The third-order valence-electron chi connectivity index (χ3n) is 3.70. The van der Waals surface area contributed by atoms with Crippen molar-refractivity contribution < 1.29 is 4.39 Å². The van der Waals surface area contributed by atoms with Crippen molar-refractivity contribution >= 4 is 11.0 Å². The van der Waals surface area contributed by atoms with Gasteiger partial charge in [0.05, 0.1) is 11.0 Å². The summed E-state index contributed by atoms with van der Waals surface area (Å²) < 4.78 is 15.4. The van der Waals surface area contributed by atoms with Crippen molar-refractivity contribution in [2.45, 2.75) is 38.8 Å². The van der Waals surface area contributed by atoms with Crippen molar-refractivity contribution in [3.63, 3.8) is 0 Å². The number of benzene rings is 1. The molecule has 1 fully saturated rings. The molecular weight excluding hydrogens is 229 g/mol. The van der Waals surface area contributed by atoms with Crippen molar-refractivity contribution in [3.05, 3.63) is 29.8 Å². The molecule has 1 aromatic heterocycles. The van der Waals surface area contributed by atoms with E-state index < -0.39 is 0 Å². The molecule has 1 aliphatic heterocycles. The van der Waals surface area contributed by atoms with Gasteiger partial charge in [0, 0.05) is 25.1 Å². The fraction of sp³-hybridized carbons (Fsp3) is 0.500. The van der Waals surface area contributed by atoms with Gasteiger partial charge >= 0.3 is 0 Å². The van der Waals surface area contributed by atoms with E-state index in [-0.39, 0.29) is 5.82 Å². The SMILES string of the molecule is CCn1c(CC2CCCN2)nc2cc(F)ccc21. The smallest absolute Gasteiger partial charge is 0.125 e. The third-order valence-corrected chi connectivity index (χ3v) is 3.70. The molecule has 0 spiro atoms. The number of fused-ring (bicyclic) bond motifs is 1. The van der Waals surface area contributed by atoms with E-state index in [1.54, 1.807) is 0 Å². The molecule has 18 heavy (non-hydrogen) atoms. The number of rotatable bonds is 3. The van der Waals surface area contributed by atoms with Crippen LogP contribution in [0.2, 0.25) is 0 Å². The van der Waals surface area contributed by atoms with Gasteiger partial charge in [0.1, 0.15) is 11.6 Å². The topological polar surface area (TPSA) is 29.9 Å². The Morgan fingerprint density at radius 3 is 3.11 bits per heavy atom. The highest BCUT2D eigenvalue weighted by atomic mass is 19.1. The highest BCUT2D eigenvalue weighted by Gasteiger charge is 2.18. The molecule has 1 N–H and O–H groups in total. The first kappa shape index (κ1) is 11.7. The van der Waals surface area contributed by atoms with Crippen LogP contribution in [0.5, 0.6) is 0 Å². The lowest BCUT2D eigenvalue weighted by molar-refractivity contribution is 0.565. The van der Waals surface area contributed by atoms with Gasteiger partial charge in [0.15, 0.2) is 0 Å². The Morgan fingerprint density at radius 1 is 1.50 bits per heavy atom. The summed E-state index contributed by atoms with van der Waals surface area (Å²) in [5.74, 6) is 0.853. The van der Waals surface area contributed by atoms with E-state index in [1.165, 1.54) is 25.0 Å². The Morgan fingerprint density at radius 2 is 2.39 bits per heavy atom. The third kappa shape index (κ3) is 2.01. The van der Waals surface area contributed by atoms with Gasteiger partial charge in [0.2, 0.25) is 0 Å². The number of aryl methyl sites for hydroxylation is 1. The molecule has 0 saturated carbocycles. The molecule has 2 heterocycles. The monoisotopic (exact) mass is 247 g/mol. The summed E-state index contributed by atoms with van der Waals surface area (Å²) in [7, 11) is 0. The van der Waals surface area contributed by atoms with E-state index in [4.69, 9.17) is 0 Å². The molecule has 0 amide bonds. The Kier molecular flexibility index (Phi) is 3.04. The number of hydrogen-bond donors (Lipinski definition) is 1. The molecule has 2 aromatic rings. The number of imidazole rings is 1. The molecule has 3 nitrogen and oxygen atoms in total. The number of nitrogens with zero attached hydrogens (tertiary/aromatic N) is 2. The Bertz CT molecular complexity index is 555. The molecule has 4 heteroatoms. The van der Waals surface area contributed by atoms with Crippen LogP contribution in [0.1, 0.15) is 25.6 Å². The van der Waals surface area contributed by atoms with Crippen LogP contribution in [0.4, 0.5) is 4.39 Å². The summed E-state index contributed by atoms with van der Waals surface area (Å²) in [5.41, 5.74) is 1.80. The zero-order valence-corrected chi connectivity index (χ0v) is 10.6. The predicted molar refractivity (Wildman–Crippen MR) is 70.1 cm³/mol.